The van der Waals surface area contributed by atoms with E-state index in [4.69, 9.17) is 0 Å². The van der Waals surface area contributed by atoms with Gasteiger partial charge in [-0.25, -0.2) is 4.39 Å². The fraction of sp³-hybridized carbons (Fsp3) is 0.467. The standard InChI is InChI=1S/C15H17F4NO3S/c1-9(6-23-8-15(17,18)19)20-14(22)7-24-13-4-3-11(10(2)21)5-12(13)16/h3-5,9H,6-8H2,1-2H3,(H,20,22). The molecule has 4 nitrogen and oxygen atoms in total. The van der Waals surface area contributed by atoms with Crippen molar-refractivity contribution in [3.8, 4) is 0 Å². The molecule has 1 N–H and O–H groups in total. The fourth-order valence-electron chi connectivity index (χ4n) is 1.69. The molecule has 1 unspecified atom stereocenters. The summed E-state index contributed by atoms with van der Waals surface area (Å²) in [5, 5.41) is 2.46. The Morgan fingerprint density at radius 2 is 2.00 bits per heavy atom. The largest absolute Gasteiger partial charge is 0.411 e. The van der Waals surface area contributed by atoms with Crippen LogP contribution in [0, 0.1) is 5.82 Å². The molecule has 1 rings (SSSR count). The molecular weight excluding hydrogens is 350 g/mol. The van der Waals surface area contributed by atoms with Crippen molar-refractivity contribution in [3.05, 3.63) is 29.6 Å². The maximum atomic E-state index is 13.8. The number of carbonyl (C=O) groups excluding carboxylic acids is 2. The molecule has 9 heteroatoms. The van der Waals surface area contributed by atoms with Gasteiger partial charge in [0, 0.05) is 16.5 Å². The maximum absolute atomic E-state index is 13.8. The van der Waals surface area contributed by atoms with E-state index < -0.39 is 30.5 Å². The summed E-state index contributed by atoms with van der Waals surface area (Å²) in [5.41, 5.74) is 0.233. The number of hydrogen-bond donors (Lipinski definition) is 1. The lowest BCUT2D eigenvalue weighted by molar-refractivity contribution is -0.175. The first-order valence-corrected chi connectivity index (χ1v) is 7.94. The van der Waals surface area contributed by atoms with Gasteiger partial charge in [-0.3, -0.25) is 9.59 Å². The van der Waals surface area contributed by atoms with Crippen molar-refractivity contribution in [2.75, 3.05) is 19.0 Å². The topological polar surface area (TPSA) is 55.4 Å². The van der Waals surface area contributed by atoms with E-state index in [1.165, 1.54) is 26.0 Å². The average Bonchev–Trinajstić information content (AvgIpc) is 2.44. The maximum Gasteiger partial charge on any atom is 0.411 e. The van der Waals surface area contributed by atoms with Crippen LogP contribution in [0.25, 0.3) is 0 Å². The number of amides is 1. The van der Waals surface area contributed by atoms with Crippen molar-refractivity contribution in [1.82, 2.24) is 5.32 Å². The van der Waals surface area contributed by atoms with Crippen LogP contribution >= 0.6 is 11.8 Å². The summed E-state index contributed by atoms with van der Waals surface area (Å²) in [4.78, 5) is 23.0. The molecule has 0 bridgehead atoms. The van der Waals surface area contributed by atoms with Crippen LogP contribution in [-0.4, -0.2) is 42.9 Å². The Bertz CT molecular complexity index is 593. The number of Topliss-reactive ketones (excluding diaryl/α,β-unsaturated/α-hetero) is 1. The summed E-state index contributed by atoms with van der Waals surface area (Å²) in [7, 11) is 0. The van der Waals surface area contributed by atoms with Crippen LogP contribution in [0.15, 0.2) is 23.1 Å². The van der Waals surface area contributed by atoms with Gasteiger partial charge in [-0.2, -0.15) is 13.2 Å². The molecule has 0 fully saturated rings. The third-order valence-corrected chi connectivity index (χ3v) is 3.79. The smallest absolute Gasteiger partial charge is 0.370 e. The molecule has 0 radical (unpaired) electrons. The molecule has 134 valence electrons. The predicted octanol–water partition coefficient (Wildman–Crippen LogP) is 3.20. The second-order valence-electron chi connectivity index (χ2n) is 5.09. The van der Waals surface area contributed by atoms with Crippen LogP contribution in [-0.2, 0) is 9.53 Å². The molecule has 0 saturated heterocycles. The van der Waals surface area contributed by atoms with E-state index in [0.717, 1.165) is 17.8 Å². The van der Waals surface area contributed by atoms with E-state index in [1.54, 1.807) is 0 Å². The molecule has 0 spiro atoms. The van der Waals surface area contributed by atoms with Gasteiger partial charge in [0.25, 0.3) is 0 Å². The number of ketones is 1. The van der Waals surface area contributed by atoms with Crippen LogP contribution in [0.4, 0.5) is 17.6 Å². The zero-order chi connectivity index (χ0) is 18.3. The molecule has 24 heavy (non-hydrogen) atoms. The Labute approximate surface area is 140 Å². The Morgan fingerprint density at radius 3 is 2.54 bits per heavy atom. The Morgan fingerprint density at radius 1 is 1.33 bits per heavy atom. The van der Waals surface area contributed by atoms with E-state index in [2.05, 4.69) is 10.1 Å². The second-order valence-corrected chi connectivity index (χ2v) is 6.11. The minimum atomic E-state index is -4.41. The van der Waals surface area contributed by atoms with Crippen molar-refractivity contribution in [2.24, 2.45) is 0 Å². The molecule has 1 atom stereocenters. The SMILES string of the molecule is CC(=O)c1ccc(SCC(=O)NC(C)COCC(F)(F)F)c(F)c1. The van der Waals surface area contributed by atoms with Gasteiger partial charge >= 0.3 is 6.18 Å². The van der Waals surface area contributed by atoms with Gasteiger partial charge in [0.15, 0.2) is 5.78 Å². The van der Waals surface area contributed by atoms with Gasteiger partial charge in [-0.05, 0) is 26.0 Å². The van der Waals surface area contributed by atoms with Gasteiger partial charge in [-0.15, -0.1) is 11.8 Å². The monoisotopic (exact) mass is 367 g/mol. The summed E-state index contributed by atoms with van der Waals surface area (Å²) >= 11 is 0.926. The summed E-state index contributed by atoms with van der Waals surface area (Å²) in [6.07, 6.45) is -4.41. The lowest BCUT2D eigenvalue weighted by Gasteiger charge is -2.15. The van der Waals surface area contributed by atoms with Gasteiger partial charge in [0.1, 0.15) is 12.4 Å². The van der Waals surface area contributed by atoms with Crippen LogP contribution in [0.5, 0.6) is 0 Å². The van der Waals surface area contributed by atoms with Crippen molar-refractivity contribution in [1.29, 1.82) is 0 Å². The highest BCUT2D eigenvalue weighted by Gasteiger charge is 2.27. The quantitative estimate of drug-likeness (QED) is 0.436. The van der Waals surface area contributed by atoms with E-state index in [0.29, 0.717) is 0 Å². The third kappa shape index (κ3) is 7.78. The van der Waals surface area contributed by atoms with Gasteiger partial charge in [-0.1, -0.05) is 6.07 Å². The lowest BCUT2D eigenvalue weighted by atomic mass is 10.1. The van der Waals surface area contributed by atoms with Crippen LogP contribution in [0.1, 0.15) is 24.2 Å². The Balaban J connectivity index is 2.39. The highest BCUT2D eigenvalue weighted by Crippen LogP contribution is 2.22. The molecule has 1 aromatic carbocycles. The number of alkyl halides is 3. The molecule has 0 saturated carbocycles. The number of thioether (sulfide) groups is 1. The van der Waals surface area contributed by atoms with Gasteiger partial charge in [0.05, 0.1) is 12.4 Å². The van der Waals surface area contributed by atoms with Gasteiger partial charge < -0.3 is 10.1 Å². The van der Waals surface area contributed by atoms with Crippen molar-refractivity contribution < 1.29 is 31.9 Å². The minimum absolute atomic E-state index is 0.111. The predicted molar refractivity (Wildman–Crippen MR) is 81.6 cm³/mol. The van der Waals surface area contributed by atoms with Crippen LogP contribution in [0.3, 0.4) is 0 Å². The lowest BCUT2D eigenvalue weighted by Crippen LogP contribution is -2.37. The van der Waals surface area contributed by atoms with E-state index in [-0.39, 0.29) is 28.6 Å². The average molecular weight is 367 g/mol. The zero-order valence-corrected chi connectivity index (χ0v) is 13.9. The number of benzene rings is 1. The van der Waals surface area contributed by atoms with Gasteiger partial charge in [0.2, 0.25) is 5.91 Å². The molecule has 0 aliphatic carbocycles. The molecule has 1 amide bonds. The fourth-order valence-corrected chi connectivity index (χ4v) is 2.42. The highest BCUT2D eigenvalue weighted by atomic mass is 32.2. The first kappa shape index (κ1) is 20.4. The summed E-state index contributed by atoms with van der Waals surface area (Å²) in [5.74, 6) is -1.45. The number of hydrogen-bond acceptors (Lipinski definition) is 4. The number of carbonyl (C=O) groups is 2. The Kier molecular flexibility index (Phi) is 7.68. The summed E-state index contributed by atoms with van der Waals surface area (Å²) in [6.45, 7) is 1.16. The first-order chi connectivity index (χ1) is 11.1. The number of rotatable bonds is 8. The second kappa shape index (κ2) is 9.03. The third-order valence-electron chi connectivity index (χ3n) is 2.74. The van der Waals surface area contributed by atoms with Crippen molar-refractivity contribution in [3.63, 3.8) is 0 Å². The van der Waals surface area contributed by atoms with Crippen LogP contribution < -0.4 is 5.32 Å². The number of ether oxygens (including phenoxy) is 1. The molecular formula is C15H17F4NO3S. The first-order valence-electron chi connectivity index (χ1n) is 6.95. The molecule has 0 aliphatic heterocycles. The minimum Gasteiger partial charge on any atom is -0.370 e. The summed E-state index contributed by atoms with van der Waals surface area (Å²) in [6, 6.07) is 3.35. The molecule has 0 aliphatic rings. The number of halogens is 4. The highest BCUT2D eigenvalue weighted by molar-refractivity contribution is 8.00. The van der Waals surface area contributed by atoms with E-state index >= 15 is 0 Å². The zero-order valence-electron chi connectivity index (χ0n) is 13.1. The normalized spacial score (nSPS) is 12.8. The van der Waals surface area contributed by atoms with E-state index in [9.17, 15) is 27.2 Å². The number of nitrogens with one attached hydrogen (secondary N) is 1. The molecule has 0 aromatic heterocycles. The van der Waals surface area contributed by atoms with Crippen molar-refractivity contribution >= 4 is 23.5 Å². The summed E-state index contributed by atoms with van der Waals surface area (Å²) < 4.78 is 54.0. The Hall–Kier alpha value is -1.61. The van der Waals surface area contributed by atoms with E-state index in [1.807, 2.05) is 0 Å². The molecule has 0 heterocycles. The van der Waals surface area contributed by atoms with Crippen LogP contribution in [0.2, 0.25) is 0 Å². The molecule has 1 aromatic rings. The van der Waals surface area contributed by atoms with Crippen molar-refractivity contribution in [2.45, 2.75) is 31.0 Å².